The second-order valence-electron chi connectivity index (χ2n) is 6.10. The highest BCUT2D eigenvalue weighted by atomic mass is 16.5. The van der Waals surface area contributed by atoms with Crippen LogP contribution in [0.25, 0.3) is 0 Å². The molecule has 0 amide bonds. The maximum absolute atomic E-state index is 9.84. The smallest absolute Gasteiger partial charge is 0.0821 e. The summed E-state index contributed by atoms with van der Waals surface area (Å²) in [5.74, 6) is 0.859. The van der Waals surface area contributed by atoms with Crippen LogP contribution in [-0.2, 0) is 4.74 Å². The highest BCUT2D eigenvalue weighted by molar-refractivity contribution is 4.74. The minimum atomic E-state index is -0.350. The van der Waals surface area contributed by atoms with Crippen molar-refractivity contribution in [3.05, 3.63) is 0 Å². The Labute approximate surface area is 94.0 Å². The lowest BCUT2D eigenvalue weighted by Gasteiger charge is -2.30. The summed E-state index contributed by atoms with van der Waals surface area (Å²) in [7, 11) is 0. The third-order valence-electron chi connectivity index (χ3n) is 3.45. The van der Waals surface area contributed by atoms with Gasteiger partial charge in [-0.15, -0.1) is 0 Å². The molecule has 0 radical (unpaired) electrons. The van der Waals surface area contributed by atoms with Gasteiger partial charge in [0, 0.05) is 0 Å². The van der Waals surface area contributed by atoms with Gasteiger partial charge in [-0.05, 0) is 37.0 Å². The Balaban J connectivity index is 2.20. The Hall–Kier alpha value is -0.0800. The van der Waals surface area contributed by atoms with Crippen molar-refractivity contribution in [2.45, 2.75) is 65.6 Å². The van der Waals surface area contributed by atoms with Crippen LogP contribution in [-0.4, -0.2) is 23.9 Å². The summed E-state index contributed by atoms with van der Waals surface area (Å²) in [6.07, 6.45) is 4.91. The lowest BCUT2D eigenvalue weighted by Crippen LogP contribution is -2.33. The number of hydrogen-bond acceptors (Lipinski definition) is 2. The van der Waals surface area contributed by atoms with Gasteiger partial charge in [0.25, 0.3) is 0 Å². The predicted molar refractivity (Wildman–Crippen MR) is 62.8 cm³/mol. The van der Waals surface area contributed by atoms with Crippen molar-refractivity contribution in [1.82, 2.24) is 0 Å². The molecule has 15 heavy (non-hydrogen) atoms. The average Bonchev–Trinajstić information content (AvgIpc) is 2.15. The van der Waals surface area contributed by atoms with E-state index in [1.54, 1.807) is 0 Å². The van der Waals surface area contributed by atoms with Gasteiger partial charge in [0.05, 0.1) is 18.8 Å². The SMILES string of the molecule is CC1CCC(OCC(O)C(C)(C)C)CC1. The second kappa shape index (κ2) is 5.31. The van der Waals surface area contributed by atoms with Gasteiger partial charge in [0.1, 0.15) is 0 Å². The standard InChI is InChI=1S/C13H26O2/c1-10-5-7-11(8-6-10)15-9-12(14)13(2,3)4/h10-12,14H,5-9H2,1-4H3. The molecule has 90 valence electrons. The predicted octanol–water partition coefficient (Wildman–Crippen LogP) is 2.99. The van der Waals surface area contributed by atoms with E-state index in [4.69, 9.17) is 4.74 Å². The fraction of sp³-hybridized carbons (Fsp3) is 1.00. The van der Waals surface area contributed by atoms with Crippen LogP contribution in [0.5, 0.6) is 0 Å². The molecule has 2 heteroatoms. The molecule has 1 fully saturated rings. The molecule has 0 spiro atoms. The Bertz CT molecular complexity index is 175. The van der Waals surface area contributed by atoms with Crippen molar-refractivity contribution in [1.29, 1.82) is 0 Å². The number of aliphatic hydroxyl groups excluding tert-OH is 1. The molecule has 1 aliphatic rings. The van der Waals surface area contributed by atoms with Crippen LogP contribution in [0.2, 0.25) is 0 Å². The van der Waals surface area contributed by atoms with E-state index >= 15 is 0 Å². The summed E-state index contributed by atoms with van der Waals surface area (Å²) < 4.78 is 5.77. The van der Waals surface area contributed by atoms with Crippen LogP contribution >= 0.6 is 0 Å². The maximum Gasteiger partial charge on any atom is 0.0821 e. The molecule has 0 aromatic carbocycles. The van der Waals surface area contributed by atoms with E-state index in [0.29, 0.717) is 12.7 Å². The average molecular weight is 214 g/mol. The largest absolute Gasteiger partial charge is 0.390 e. The van der Waals surface area contributed by atoms with Gasteiger partial charge in [0.15, 0.2) is 0 Å². The van der Waals surface area contributed by atoms with Gasteiger partial charge in [-0.25, -0.2) is 0 Å². The minimum absolute atomic E-state index is 0.0675. The van der Waals surface area contributed by atoms with Gasteiger partial charge < -0.3 is 9.84 Å². The summed E-state index contributed by atoms with van der Waals surface area (Å²) in [4.78, 5) is 0. The molecule has 0 aliphatic heterocycles. The number of aliphatic hydroxyl groups is 1. The van der Waals surface area contributed by atoms with E-state index in [1.165, 1.54) is 12.8 Å². The summed E-state index contributed by atoms with van der Waals surface area (Å²) >= 11 is 0. The van der Waals surface area contributed by atoms with Crippen molar-refractivity contribution in [3.8, 4) is 0 Å². The third kappa shape index (κ3) is 4.52. The fourth-order valence-electron chi connectivity index (χ4n) is 1.87. The van der Waals surface area contributed by atoms with E-state index in [-0.39, 0.29) is 11.5 Å². The summed E-state index contributed by atoms with van der Waals surface area (Å²) in [5.41, 5.74) is -0.0675. The summed E-state index contributed by atoms with van der Waals surface area (Å²) in [6, 6.07) is 0. The monoisotopic (exact) mass is 214 g/mol. The molecular formula is C13H26O2. The highest BCUT2D eigenvalue weighted by Crippen LogP contribution is 2.26. The first-order chi connectivity index (χ1) is 6.89. The second-order valence-corrected chi connectivity index (χ2v) is 6.10. The number of rotatable bonds is 3. The quantitative estimate of drug-likeness (QED) is 0.782. The molecule has 0 heterocycles. The summed E-state index contributed by atoms with van der Waals surface area (Å²) in [5, 5.41) is 9.84. The fourth-order valence-corrected chi connectivity index (χ4v) is 1.87. The van der Waals surface area contributed by atoms with Gasteiger partial charge in [-0.2, -0.15) is 0 Å². The first-order valence-corrected chi connectivity index (χ1v) is 6.19. The van der Waals surface area contributed by atoms with Crippen molar-refractivity contribution >= 4 is 0 Å². The Kier molecular flexibility index (Phi) is 4.60. The maximum atomic E-state index is 9.84. The molecule has 1 aliphatic carbocycles. The zero-order valence-electron chi connectivity index (χ0n) is 10.6. The molecule has 1 N–H and O–H groups in total. The van der Waals surface area contributed by atoms with Crippen LogP contribution in [0.1, 0.15) is 53.4 Å². The zero-order valence-corrected chi connectivity index (χ0v) is 10.6. The van der Waals surface area contributed by atoms with Crippen LogP contribution in [0.3, 0.4) is 0 Å². The van der Waals surface area contributed by atoms with E-state index in [0.717, 1.165) is 18.8 Å². The molecule has 1 saturated carbocycles. The van der Waals surface area contributed by atoms with E-state index < -0.39 is 0 Å². The van der Waals surface area contributed by atoms with E-state index in [1.807, 2.05) is 20.8 Å². The molecule has 2 nitrogen and oxygen atoms in total. The van der Waals surface area contributed by atoms with Crippen molar-refractivity contribution in [3.63, 3.8) is 0 Å². The van der Waals surface area contributed by atoms with Gasteiger partial charge >= 0.3 is 0 Å². The summed E-state index contributed by atoms with van der Waals surface area (Å²) in [6.45, 7) is 8.93. The molecular weight excluding hydrogens is 188 g/mol. The Morgan fingerprint density at radius 2 is 1.73 bits per heavy atom. The molecule has 0 bridgehead atoms. The van der Waals surface area contributed by atoms with Crippen molar-refractivity contribution in [2.24, 2.45) is 11.3 Å². The highest BCUT2D eigenvalue weighted by Gasteiger charge is 2.25. The first-order valence-electron chi connectivity index (χ1n) is 6.19. The van der Waals surface area contributed by atoms with Crippen molar-refractivity contribution < 1.29 is 9.84 Å². The zero-order chi connectivity index (χ0) is 11.5. The van der Waals surface area contributed by atoms with Crippen LogP contribution < -0.4 is 0 Å². The van der Waals surface area contributed by atoms with Gasteiger partial charge in [-0.3, -0.25) is 0 Å². The molecule has 0 aromatic rings. The van der Waals surface area contributed by atoms with Crippen molar-refractivity contribution in [2.75, 3.05) is 6.61 Å². The first kappa shape index (κ1) is 13.0. The minimum Gasteiger partial charge on any atom is -0.390 e. The Morgan fingerprint density at radius 3 is 2.20 bits per heavy atom. The van der Waals surface area contributed by atoms with Gasteiger partial charge in [0.2, 0.25) is 0 Å². The molecule has 1 rings (SSSR count). The molecule has 0 aromatic heterocycles. The topological polar surface area (TPSA) is 29.5 Å². The molecule has 0 saturated heterocycles. The van der Waals surface area contributed by atoms with Crippen LogP contribution in [0.4, 0.5) is 0 Å². The molecule has 1 unspecified atom stereocenters. The lowest BCUT2D eigenvalue weighted by atomic mass is 9.88. The van der Waals surface area contributed by atoms with Gasteiger partial charge in [-0.1, -0.05) is 27.7 Å². The van der Waals surface area contributed by atoms with Crippen LogP contribution in [0, 0.1) is 11.3 Å². The van der Waals surface area contributed by atoms with E-state index in [9.17, 15) is 5.11 Å². The van der Waals surface area contributed by atoms with E-state index in [2.05, 4.69) is 6.92 Å². The normalized spacial score (nSPS) is 30.2. The molecule has 1 atom stereocenters. The third-order valence-corrected chi connectivity index (χ3v) is 3.45. The number of hydrogen-bond donors (Lipinski definition) is 1. The Morgan fingerprint density at radius 1 is 1.20 bits per heavy atom. The van der Waals surface area contributed by atoms with Crippen LogP contribution in [0.15, 0.2) is 0 Å². The lowest BCUT2D eigenvalue weighted by molar-refractivity contribution is -0.0618. The number of ether oxygens (including phenoxy) is 1.